The van der Waals surface area contributed by atoms with Gasteiger partial charge in [-0.2, -0.15) is 0 Å². The Labute approximate surface area is 93.3 Å². The molecule has 16 heavy (non-hydrogen) atoms. The van der Waals surface area contributed by atoms with Crippen molar-refractivity contribution in [2.75, 3.05) is 6.61 Å². The maximum Gasteiger partial charge on any atom is 0.180 e. The molecule has 0 aliphatic carbocycles. The lowest BCUT2D eigenvalue weighted by Crippen LogP contribution is -2.22. The van der Waals surface area contributed by atoms with Gasteiger partial charge in [0.25, 0.3) is 0 Å². The van der Waals surface area contributed by atoms with Crippen LogP contribution in [-0.4, -0.2) is 32.6 Å². The Balaban J connectivity index is 1.77. The highest BCUT2D eigenvalue weighted by atomic mass is 16.5. The van der Waals surface area contributed by atoms with Crippen LogP contribution in [0.4, 0.5) is 0 Å². The second kappa shape index (κ2) is 4.17. The van der Waals surface area contributed by atoms with Crippen molar-refractivity contribution in [1.82, 2.24) is 19.9 Å². The summed E-state index contributed by atoms with van der Waals surface area (Å²) in [7, 11) is 0. The topological polar surface area (TPSA) is 63.7 Å². The maximum absolute atomic E-state index is 5.67. The number of ether oxygens (including phenoxy) is 1. The number of imidazole rings is 1. The van der Waals surface area contributed by atoms with Crippen molar-refractivity contribution >= 4 is 11.2 Å². The third-order valence-corrected chi connectivity index (χ3v) is 2.91. The molecular weight excluding hydrogens is 204 g/mol. The molecule has 3 rings (SSSR count). The monoisotopic (exact) mass is 218 g/mol. The summed E-state index contributed by atoms with van der Waals surface area (Å²) < 4.78 is 5.67. The molecule has 1 fully saturated rings. The third-order valence-electron chi connectivity index (χ3n) is 2.91. The molecule has 1 saturated heterocycles. The van der Waals surface area contributed by atoms with Crippen molar-refractivity contribution < 1.29 is 4.74 Å². The van der Waals surface area contributed by atoms with Crippen LogP contribution in [0.1, 0.15) is 25.1 Å². The molecule has 0 bridgehead atoms. The summed E-state index contributed by atoms with van der Waals surface area (Å²) in [5, 5.41) is 0. The predicted octanol–water partition coefficient (Wildman–Crippen LogP) is 1.46. The summed E-state index contributed by atoms with van der Waals surface area (Å²) in [6, 6.07) is 0. The van der Waals surface area contributed by atoms with Crippen LogP contribution < -0.4 is 0 Å². The lowest BCUT2D eigenvalue weighted by Gasteiger charge is -2.21. The molecule has 1 atom stereocenters. The fourth-order valence-electron chi connectivity index (χ4n) is 2.04. The molecule has 0 aromatic carbocycles. The summed E-state index contributed by atoms with van der Waals surface area (Å²) >= 11 is 0. The van der Waals surface area contributed by atoms with E-state index in [0.717, 1.165) is 36.4 Å². The van der Waals surface area contributed by atoms with Crippen molar-refractivity contribution in [3.05, 3.63) is 18.3 Å². The van der Waals surface area contributed by atoms with Crippen molar-refractivity contribution in [2.45, 2.75) is 31.8 Å². The normalized spacial score (nSPS) is 21.4. The van der Waals surface area contributed by atoms with Crippen molar-refractivity contribution in [1.29, 1.82) is 0 Å². The number of aromatic nitrogens is 4. The van der Waals surface area contributed by atoms with Crippen LogP contribution in [0.5, 0.6) is 0 Å². The van der Waals surface area contributed by atoms with Gasteiger partial charge in [-0.1, -0.05) is 0 Å². The second-order valence-corrected chi connectivity index (χ2v) is 4.12. The molecule has 0 saturated carbocycles. The standard InChI is InChI=1S/C11H14N4O/c1-2-4-16-8(3-1)5-10-12-6-9-11(15-10)14-7-13-9/h6-8H,1-5H2,(H,12,13,14,15). The van der Waals surface area contributed by atoms with Crippen LogP contribution in [0.25, 0.3) is 11.2 Å². The highest BCUT2D eigenvalue weighted by Gasteiger charge is 2.16. The minimum atomic E-state index is 0.283. The Morgan fingerprint density at radius 2 is 2.38 bits per heavy atom. The molecule has 0 amide bonds. The molecule has 5 heteroatoms. The van der Waals surface area contributed by atoms with Gasteiger partial charge in [0.1, 0.15) is 11.3 Å². The molecule has 1 aliphatic rings. The highest BCUT2D eigenvalue weighted by molar-refractivity contribution is 5.68. The number of rotatable bonds is 2. The largest absolute Gasteiger partial charge is 0.378 e. The SMILES string of the molecule is c1nc2nc(CC3CCCCO3)ncc2[nH]1. The molecule has 1 N–H and O–H groups in total. The van der Waals surface area contributed by atoms with Crippen LogP contribution in [0, 0.1) is 0 Å². The zero-order chi connectivity index (χ0) is 10.8. The van der Waals surface area contributed by atoms with Crippen molar-refractivity contribution in [2.24, 2.45) is 0 Å². The Morgan fingerprint density at radius 1 is 1.38 bits per heavy atom. The van der Waals surface area contributed by atoms with E-state index in [2.05, 4.69) is 19.9 Å². The fourth-order valence-corrected chi connectivity index (χ4v) is 2.04. The molecule has 2 aromatic heterocycles. The van der Waals surface area contributed by atoms with Gasteiger partial charge in [0.15, 0.2) is 5.65 Å². The first kappa shape index (κ1) is 9.72. The average Bonchev–Trinajstić information content (AvgIpc) is 2.77. The van der Waals surface area contributed by atoms with Crippen LogP contribution >= 0.6 is 0 Å². The summed E-state index contributed by atoms with van der Waals surface area (Å²) in [4.78, 5) is 15.8. The number of nitrogens with zero attached hydrogens (tertiary/aromatic N) is 3. The van der Waals surface area contributed by atoms with E-state index in [1.54, 1.807) is 12.5 Å². The average molecular weight is 218 g/mol. The quantitative estimate of drug-likeness (QED) is 0.829. The van der Waals surface area contributed by atoms with Gasteiger partial charge >= 0.3 is 0 Å². The van der Waals surface area contributed by atoms with E-state index in [0.29, 0.717) is 0 Å². The van der Waals surface area contributed by atoms with Crippen molar-refractivity contribution in [3.8, 4) is 0 Å². The predicted molar refractivity (Wildman–Crippen MR) is 59.0 cm³/mol. The summed E-state index contributed by atoms with van der Waals surface area (Å²) in [5.41, 5.74) is 1.62. The molecular formula is C11H14N4O. The van der Waals surface area contributed by atoms with E-state index in [1.165, 1.54) is 12.8 Å². The molecule has 3 heterocycles. The molecule has 84 valence electrons. The number of hydrogen-bond acceptors (Lipinski definition) is 4. The lowest BCUT2D eigenvalue weighted by atomic mass is 10.1. The molecule has 1 aliphatic heterocycles. The van der Waals surface area contributed by atoms with Gasteiger partial charge in [-0.25, -0.2) is 15.0 Å². The van der Waals surface area contributed by atoms with E-state index < -0.39 is 0 Å². The number of fused-ring (bicyclic) bond motifs is 1. The number of aromatic amines is 1. The lowest BCUT2D eigenvalue weighted by molar-refractivity contribution is 0.0157. The van der Waals surface area contributed by atoms with E-state index in [9.17, 15) is 0 Å². The van der Waals surface area contributed by atoms with E-state index in [-0.39, 0.29) is 6.10 Å². The van der Waals surface area contributed by atoms with E-state index >= 15 is 0 Å². The van der Waals surface area contributed by atoms with E-state index in [1.807, 2.05) is 0 Å². The van der Waals surface area contributed by atoms with Crippen LogP contribution in [0.3, 0.4) is 0 Å². The Morgan fingerprint density at radius 3 is 3.25 bits per heavy atom. The number of hydrogen-bond donors (Lipinski definition) is 1. The van der Waals surface area contributed by atoms with Gasteiger partial charge in [0, 0.05) is 13.0 Å². The minimum absolute atomic E-state index is 0.283. The van der Waals surface area contributed by atoms with E-state index in [4.69, 9.17) is 4.74 Å². The molecule has 2 aromatic rings. The first-order valence-electron chi connectivity index (χ1n) is 5.68. The van der Waals surface area contributed by atoms with Crippen LogP contribution in [0.15, 0.2) is 12.5 Å². The summed E-state index contributed by atoms with van der Waals surface area (Å²) in [6.07, 6.45) is 8.04. The summed E-state index contributed by atoms with van der Waals surface area (Å²) in [6.45, 7) is 0.870. The number of H-pyrrole nitrogens is 1. The van der Waals surface area contributed by atoms with Gasteiger partial charge in [-0.05, 0) is 19.3 Å². The number of nitrogens with one attached hydrogen (secondary N) is 1. The molecule has 0 radical (unpaired) electrons. The van der Waals surface area contributed by atoms with Gasteiger partial charge in [0.05, 0.1) is 18.6 Å². The Hall–Kier alpha value is -1.49. The molecule has 1 unspecified atom stereocenters. The van der Waals surface area contributed by atoms with Crippen LogP contribution in [0.2, 0.25) is 0 Å². The second-order valence-electron chi connectivity index (χ2n) is 4.12. The Bertz CT molecular complexity index is 476. The molecule has 0 spiro atoms. The highest BCUT2D eigenvalue weighted by Crippen LogP contribution is 2.16. The van der Waals surface area contributed by atoms with Gasteiger partial charge in [0.2, 0.25) is 0 Å². The first-order valence-corrected chi connectivity index (χ1v) is 5.68. The Kier molecular flexibility index (Phi) is 2.53. The third kappa shape index (κ3) is 1.90. The van der Waals surface area contributed by atoms with Gasteiger partial charge in [-0.3, -0.25) is 0 Å². The van der Waals surface area contributed by atoms with Gasteiger partial charge in [-0.15, -0.1) is 0 Å². The summed E-state index contributed by atoms with van der Waals surface area (Å²) in [5.74, 6) is 0.825. The fraction of sp³-hybridized carbons (Fsp3) is 0.545. The minimum Gasteiger partial charge on any atom is -0.378 e. The first-order chi connectivity index (χ1) is 7.92. The zero-order valence-electron chi connectivity index (χ0n) is 9.02. The van der Waals surface area contributed by atoms with Crippen LogP contribution in [-0.2, 0) is 11.2 Å². The molecule has 5 nitrogen and oxygen atoms in total. The maximum atomic E-state index is 5.67. The van der Waals surface area contributed by atoms with Gasteiger partial charge < -0.3 is 9.72 Å². The van der Waals surface area contributed by atoms with Crippen molar-refractivity contribution in [3.63, 3.8) is 0 Å². The smallest absolute Gasteiger partial charge is 0.180 e. The zero-order valence-corrected chi connectivity index (χ0v) is 9.02.